The summed E-state index contributed by atoms with van der Waals surface area (Å²) in [6.07, 6.45) is 1.39. The smallest absolute Gasteiger partial charge is 0.255 e. The highest BCUT2D eigenvalue weighted by molar-refractivity contribution is 6.42. The van der Waals surface area contributed by atoms with Gasteiger partial charge in [0.25, 0.3) is 5.91 Å². The summed E-state index contributed by atoms with van der Waals surface area (Å²) in [4.78, 5) is 11.5. The van der Waals surface area contributed by atoms with Crippen LogP contribution in [0.2, 0.25) is 15.2 Å². The van der Waals surface area contributed by atoms with Crippen molar-refractivity contribution in [1.29, 1.82) is 0 Å². The first-order valence-corrected chi connectivity index (χ1v) is 6.09. The van der Waals surface area contributed by atoms with Crippen LogP contribution in [0.3, 0.4) is 0 Å². The molecular formula is C11H8Cl3N3O. The number of carbonyl (C=O) groups is 1. The van der Waals surface area contributed by atoms with E-state index in [9.17, 15) is 4.79 Å². The predicted molar refractivity (Wildman–Crippen MR) is 72.0 cm³/mol. The fourth-order valence-corrected chi connectivity index (χ4v) is 1.99. The van der Waals surface area contributed by atoms with E-state index in [0.717, 1.165) is 0 Å². The molecule has 1 aromatic heterocycles. The van der Waals surface area contributed by atoms with E-state index in [4.69, 9.17) is 34.8 Å². The molecule has 0 fully saturated rings. The molecule has 0 spiro atoms. The van der Waals surface area contributed by atoms with Gasteiger partial charge in [-0.15, -0.1) is 0 Å². The Bertz CT molecular complexity index is 610. The summed E-state index contributed by atoms with van der Waals surface area (Å²) in [5.74, 6) is -0.300. The Morgan fingerprint density at radius 1 is 1.28 bits per heavy atom. The molecule has 94 valence electrons. The molecule has 0 aliphatic rings. The number of halogens is 3. The summed E-state index contributed by atoms with van der Waals surface area (Å²) in [7, 11) is 1.52. The monoisotopic (exact) mass is 303 g/mol. The van der Waals surface area contributed by atoms with Crippen LogP contribution in [0.4, 0.5) is 0 Å². The minimum Gasteiger partial charge on any atom is -0.355 e. The molecule has 18 heavy (non-hydrogen) atoms. The molecule has 0 aliphatic heterocycles. The van der Waals surface area contributed by atoms with Crippen molar-refractivity contribution in [2.24, 2.45) is 0 Å². The van der Waals surface area contributed by atoms with E-state index >= 15 is 0 Å². The first-order valence-electron chi connectivity index (χ1n) is 4.95. The van der Waals surface area contributed by atoms with Crippen LogP contribution in [0.1, 0.15) is 10.4 Å². The molecule has 0 atom stereocenters. The Hall–Kier alpha value is -1.23. The lowest BCUT2D eigenvalue weighted by atomic mass is 10.3. The maximum atomic E-state index is 11.5. The summed E-state index contributed by atoms with van der Waals surface area (Å²) >= 11 is 17.8. The maximum absolute atomic E-state index is 11.5. The second-order valence-corrected chi connectivity index (χ2v) is 4.61. The molecular weight excluding hydrogens is 296 g/mol. The number of amides is 1. The molecule has 2 aromatic rings. The van der Waals surface area contributed by atoms with Crippen molar-refractivity contribution in [2.45, 2.75) is 0 Å². The van der Waals surface area contributed by atoms with E-state index in [0.29, 0.717) is 21.3 Å². The van der Waals surface area contributed by atoms with Gasteiger partial charge in [0.1, 0.15) is 5.15 Å². The normalized spacial score (nSPS) is 10.4. The van der Waals surface area contributed by atoms with Gasteiger partial charge in [0.05, 0.1) is 27.5 Å². The van der Waals surface area contributed by atoms with Crippen LogP contribution in [0.15, 0.2) is 24.4 Å². The van der Waals surface area contributed by atoms with Gasteiger partial charge >= 0.3 is 0 Å². The second-order valence-electron chi connectivity index (χ2n) is 3.44. The molecule has 1 aromatic carbocycles. The van der Waals surface area contributed by atoms with Crippen LogP contribution in [0.25, 0.3) is 5.69 Å². The van der Waals surface area contributed by atoms with Crippen LogP contribution >= 0.6 is 34.8 Å². The Morgan fingerprint density at radius 3 is 2.61 bits per heavy atom. The van der Waals surface area contributed by atoms with E-state index in [1.54, 1.807) is 18.2 Å². The van der Waals surface area contributed by atoms with Gasteiger partial charge < -0.3 is 5.32 Å². The molecule has 0 saturated heterocycles. The zero-order valence-electron chi connectivity index (χ0n) is 9.25. The van der Waals surface area contributed by atoms with E-state index in [1.807, 2.05) is 0 Å². The van der Waals surface area contributed by atoms with Crippen LogP contribution in [0, 0.1) is 0 Å². The van der Waals surface area contributed by atoms with Gasteiger partial charge in [-0.05, 0) is 18.2 Å². The van der Waals surface area contributed by atoms with E-state index < -0.39 is 0 Å². The lowest BCUT2D eigenvalue weighted by Crippen LogP contribution is -2.17. The van der Waals surface area contributed by atoms with E-state index in [-0.39, 0.29) is 11.1 Å². The highest BCUT2D eigenvalue weighted by atomic mass is 35.5. The average Bonchev–Trinajstić information content (AvgIpc) is 2.74. The number of hydrogen-bond donors (Lipinski definition) is 1. The van der Waals surface area contributed by atoms with Crippen molar-refractivity contribution in [1.82, 2.24) is 15.1 Å². The van der Waals surface area contributed by atoms with Gasteiger partial charge in [-0.2, -0.15) is 5.10 Å². The molecule has 0 radical (unpaired) electrons. The number of hydrogen-bond acceptors (Lipinski definition) is 2. The van der Waals surface area contributed by atoms with Gasteiger partial charge in [-0.25, -0.2) is 4.68 Å². The van der Waals surface area contributed by atoms with Crippen molar-refractivity contribution in [3.63, 3.8) is 0 Å². The zero-order chi connectivity index (χ0) is 13.3. The molecule has 0 unspecified atom stereocenters. The second kappa shape index (κ2) is 5.18. The number of nitrogens with one attached hydrogen (secondary N) is 1. The Morgan fingerprint density at radius 2 is 2.00 bits per heavy atom. The molecule has 1 amide bonds. The molecule has 4 nitrogen and oxygen atoms in total. The van der Waals surface area contributed by atoms with Crippen molar-refractivity contribution >= 4 is 40.7 Å². The number of rotatable bonds is 2. The highest BCUT2D eigenvalue weighted by Gasteiger charge is 2.16. The number of nitrogens with zero attached hydrogens (tertiary/aromatic N) is 2. The zero-order valence-corrected chi connectivity index (χ0v) is 11.5. The number of carbonyl (C=O) groups excluding carboxylic acids is 1. The van der Waals surface area contributed by atoms with Gasteiger partial charge in [0.2, 0.25) is 0 Å². The van der Waals surface area contributed by atoms with Crippen LogP contribution < -0.4 is 5.32 Å². The largest absolute Gasteiger partial charge is 0.355 e. The van der Waals surface area contributed by atoms with Crippen molar-refractivity contribution in [3.8, 4) is 5.69 Å². The van der Waals surface area contributed by atoms with Crippen molar-refractivity contribution in [3.05, 3.63) is 45.2 Å². The first-order chi connectivity index (χ1) is 8.54. The molecule has 0 aliphatic carbocycles. The van der Waals surface area contributed by atoms with Crippen LogP contribution in [-0.2, 0) is 0 Å². The molecule has 7 heteroatoms. The predicted octanol–water partition coefficient (Wildman–Crippen LogP) is 3.19. The summed E-state index contributed by atoms with van der Waals surface area (Å²) in [6.45, 7) is 0. The van der Waals surface area contributed by atoms with Crippen LogP contribution in [0.5, 0.6) is 0 Å². The molecule has 0 saturated carbocycles. The molecule has 1 heterocycles. The summed E-state index contributed by atoms with van der Waals surface area (Å²) < 4.78 is 1.41. The highest BCUT2D eigenvalue weighted by Crippen LogP contribution is 2.26. The van der Waals surface area contributed by atoms with Crippen molar-refractivity contribution in [2.75, 3.05) is 7.05 Å². The number of benzene rings is 1. The topological polar surface area (TPSA) is 46.9 Å². The van der Waals surface area contributed by atoms with E-state index in [1.165, 1.54) is 17.9 Å². The first kappa shape index (κ1) is 13.2. The minimum atomic E-state index is -0.300. The SMILES string of the molecule is CNC(=O)c1cnn(-c2ccc(Cl)c(Cl)c2)c1Cl. The lowest BCUT2D eigenvalue weighted by Gasteiger charge is -2.05. The Kier molecular flexibility index (Phi) is 3.80. The molecule has 2 rings (SSSR count). The maximum Gasteiger partial charge on any atom is 0.255 e. The van der Waals surface area contributed by atoms with Crippen molar-refractivity contribution < 1.29 is 4.79 Å². The molecule has 1 N–H and O–H groups in total. The van der Waals surface area contributed by atoms with E-state index in [2.05, 4.69) is 10.4 Å². The average molecular weight is 305 g/mol. The quantitative estimate of drug-likeness (QED) is 0.926. The van der Waals surface area contributed by atoms with Gasteiger partial charge in [-0.1, -0.05) is 34.8 Å². The lowest BCUT2D eigenvalue weighted by molar-refractivity contribution is 0.0963. The molecule has 0 bridgehead atoms. The Labute approximate surface area is 118 Å². The number of aromatic nitrogens is 2. The van der Waals surface area contributed by atoms with Gasteiger partial charge in [0.15, 0.2) is 0 Å². The fraction of sp³-hybridized carbons (Fsp3) is 0.0909. The summed E-state index contributed by atoms with van der Waals surface area (Å²) in [5.41, 5.74) is 0.926. The fourth-order valence-electron chi connectivity index (χ4n) is 1.42. The third-order valence-corrected chi connectivity index (χ3v) is 3.43. The third-order valence-electron chi connectivity index (χ3n) is 2.33. The Balaban J connectivity index is 2.48. The summed E-state index contributed by atoms with van der Waals surface area (Å²) in [6, 6.07) is 4.97. The minimum absolute atomic E-state index is 0.215. The van der Waals surface area contributed by atoms with Gasteiger partial charge in [0, 0.05) is 7.05 Å². The summed E-state index contributed by atoms with van der Waals surface area (Å²) in [5, 5.41) is 7.58. The van der Waals surface area contributed by atoms with Gasteiger partial charge in [-0.3, -0.25) is 4.79 Å². The van der Waals surface area contributed by atoms with Crippen LogP contribution in [-0.4, -0.2) is 22.7 Å². The standard InChI is InChI=1S/C11H8Cl3N3O/c1-15-11(18)7-5-16-17(10(7)14)6-2-3-8(12)9(13)4-6/h2-5H,1H3,(H,15,18). The third kappa shape index (κ3) is 2.32.